The normalized spacial score (nSPS) is 9.53. The van der Waals surface area contributed by atoms with E-state index < -0.39 is 0 Å². The van der Waals surface area contributed by atoms with E-state index in [2.05, 4.69) is 26.6 Å². The molecule has 2 amide bonds. The molecule has 0 aromatic heterocycles. The third kappa shape index (κ3) is 3.71. The molecular weight excluding hydrogens is 260 g/mol. The van der Waals surface area contributed by atoms with Crippen molar-refractivity contribution < 1.29 is 9.59 Å². The molecule has 5 heteroatoms. The highest BCUT2D eigenvalue weighted by Crippen LogP contribution is 2.25. The van der Waals surface area contributed by atoms with Gasteiger partial charge in [-0.15, -0.1) is 0 Å². The fraction of sp³-hybridized carbons (Fsp3) is 0.200. The first-order valence-electron chi connectivity index (χ1n) is 4.34. The standard InChI is InChI=1S/C10H11BrN2O2/c1-6(14)12-9-4-3-8(11)5-10(9)13-7(2)15/h3-5H,1-2H3,(H,12,14)(H,13,15). The maximum Gasteiger partial charge on any atom is 0.221 e. The fourth-order valence-electron chi connectivity index (χ4n) is 1.11. The van der Waals surface area contributed by atoms with Crippen LogP contribution in [0.15, 0.2) is 22.7 Å². The van der Waals surface area contributed by atoms with Gasteiger partial charge in [0.2, 0.25) is 11.8 Å². The Morgan fingerprint density at radius 3 is 2.13 bits per heavy atom. The maximum absolute atomic E-state index is 10.9. The molecule has 80 valence electrons. The van der Waals surface area contributed by atoms with Crippen molar-refractivity contribution in [3.05, 3.63) is 22.7 Å². The Morgan fingerprint density at radius 1 is 1.07 bits per heavy atom. The number of hydrogen-bond donors (Lipinski definition) is 2. The number of benzene rings is 1. The Kier molecular flexibility index (Phi) is 3.85. The van der Waals surface area contributed by atoms with Gasteiger partial charge in [0.25, 0.3) is 0 Å². The zero-order valence-corrected chi connectivity index (χ0v) is 10.0. The largest absolute Gasteiger partial charge is 0.325 e. The number of anilines is 2. The predicted octanol–water partition coefficient (Wildman–Crippen LogP) is 2.37. The highest BCUT2D eigenvalue weighted by atomic mass is 79.9. The second-order valence-corrected chi connectivity index (χ2v) is 3.97. The summed E-state index contributed by atoms with van der Waals surface area (Å²) in [5, 5.41) is 5.27. The van der Waals surface area contributed by atoms with Gasteiger partial charge in [-0.05, 0) is 18.2 Å². The van der Waals surface area contributed by atoms with Gasteiger partial charge in [-0.2, -0.15) is 0 Å². The number of amides is 2. The van der Waals surface area contributed by atoms with E-state index in [0.717, 1.165) is 4.47 Å². The minimum atomic E-state index is -0.181. The highest BCUT2D eigenvalue weighted by molar-refractivity contribution is 9.10. The van der Waals surface area contributed by atoms with Crippen molar-refractivity contribution >= 4 is 39.1 Å². The van der Waals surface area contributed by atoms with Gasteiger partial charge in [0, 0.05) is 18.3 Å². The van der Waals surface area contributed by atoms with E-state index in [1.165, 1.54) is 13.8 Å². The second kappa shape index (κ2) is 4.93. The molecule has 0 saturated heterocycles. The van der Waals surface area contributed by atoms with E-state index in [9.17, 15) is 9.59 Å². The van der Waals surface area contributed by atoms with E-state index in [4.69, 9.17) is 0 Å². The first kappa shape index (κ1) is 11.7. The number of nitrogens with one attached hydrogen (secondary N) is 2. The van der Waals surface area contributed by atoms with Crippen molar-refractivity contribution in [1.82, 2.24) is 0 Å². The Bertz CT molecular complexity index is 404. The summed E-state index contributed by atoms with van der Waals surface area (Å²) in [6.45, 7) is 2.83. The molecule has 0 bridgehead atoms. The van der Waals surface area contributed by atoms with Crippen molar-refractivity contribution in [2.45, 2.75) is 13.8 Å². The molecule has 1 aromatic rings. The van der Waals surface area contributed by atoms with Gasteiger partial charge < -0.3 is 10.6 Å². The zero-order valence-electron chi connectivity index (χ0n) is 8.43. The molecule has 0 atom stereocenters. The molecule has 0 aliphatic heterocycles. The minimum absolute atomic E-state index is 0.177. The molecule has 0 aliphatic carbocycles. The third-order valence-corrected chi connectivity index (χ3v) is 2.10. The average Bonchev–Trinajstić information content (AvgIpc) is 2.08. The quantitative estimate of drug-likeness (QED) is 0.867. The second-order valence-electron chi connectivity index (χ2n) is 3.05. The van der Waals surface area contributed by atoms with Crippen LogP contribution < -0.4 is 10.6 Å². The number of halogens is 1. The number of hydrogen-bond acceptors (Lipinski definition) is 2. The van der Waals surface area contributed by atoms with Gasteiger partial charge >= 0.3 is 0 Å². The molecule has 0 unspecified atom stereocenters. The summed E-state index contributed by atoms with van der Waals surface area (Å²) in [7, 11) is 0. The summed E-state index contributed by atoms with van der Waals surface area (Å²) >= 11 is 3.29. The lowest BCUT2D eigenvalue weighted by Gasteiger charge is -2.10. The van der Waals surface area contributed by atoms with Crippen LogP contribution in [0.2, 0.25) is 0 Å². The highest BCUT2D eigenvalue weighted by Gasteiger charge is 2.05. The lowest BCUT2D eigenvalue weighted by Crippen LogP contribution is -2.12. The first-order chi connectivity index (χ1) is 6.99. The van der Waals surface area contributed by atoms with Crippen molar-refractivity contribution in [2.75, 3.05) is 10.6 Å². The average molecular weight is 271 g/mol. The van der Waals surface area contributed by atoms with E-state index >= 15 is 0 Å². The van der Waals surface area contributed by atoms with Crippen LogP contribution in [0.4, 0.5) is 11.4 Å². The molecule has 4 nitrogen and oxygen atoms in total. The number of carbonyl (C=O) groups excluding carboxylic acids is 2. The third-order valence-electron chi connectivity index (χ3n) is 1.60. The molecule has 1 aromatic carbocycles. The molecule has 0 aliphatic rings. The van der Waals surface area contributed by atoms with Crippen molar-refractivity contribution in [2.24, 2.45) is 0 Å². The van der Waals surface area contributed by atoms with Crippen LogP contribution in [0.1, 0.15) is 13.8 Å². The summed E-state index contributed by atoms with van der Waals surface area (Å²) < 4.78 is 0.834. The zero-order chi connectivity index (χ0) is 11.4. The van der Waals surface area contributed by atoms with Crippen LogP contribution in [0, 0.1) is 0 Å². The molecule has 0 radical (unpaired) electrons. The van der Waals surface area contributed by atoms with E-state index in [-0.39, 0.29) is 11.8 Å². The first-order valence-corrected chi connectivity index (χ1v) is 5.13. The lowest BCUT2D eigenvalue weighted by atomic mass is 10.2. The molecule has 0 saturated carbocycles. The van der Waals surface area contributed by atoms with Gasteiger partial charge in [0.1, 0.15) is 0 Å². The van der Waals surface area contributed by atoms with Gasteiger partial charge in [-0.1, -0.05) is 15.9 Å². The summed E-state index contributed by atoms with van der Waals surface area (Å²) in [6, 6.07) is 5.24. The summed E-state index contributed by atoms with van der Waals surface area (Å²) in [5.41, 5.74) is 1.16. The molecule has 2 N–H and O–H groups in total. The summed E-state index contributed by atoms with van der Waals surface area (Å²) in [6.07, 6.45) is 0. The van der Waals surface area contributed by atoms with Gasteiger partial charge in [-0.3, -0.25) is 9.59 Å². The van der Waals surface area contributed by atoms with E-state index in [1.807, 2.05) is 0 Å². The number of carbonyl (C=O) groups is 2. The van der Waals surface area contributed by atoms with Crippen LogP contribution in [0.25, 0.3) is 0 Å². The Hall–Kier alpha value is -1.36. The van der Waals surface area contributed by atoms with Crippen LogP contribution in [-0.2, 0) is 9.59 Å². The van der Waals surface area contributed by atoms with Crippen LogP contribution in [-0.4, -0.2) is 11.8 Å². The Labute approximate surface area is 96.2 Å². The Balaban J connectivity index is 3.02. The summed E-state index contributed by atoms with van der Waals surface area (Å²) in [4.78, 5) is 21.8. The van der Waals surface area contributed by atoms with Gasteiger partial charge in [-0.25, -0.2) is 0 Å². The van der Waals surface area contributed by atoms with Gasteiger partial charge in [0.15, 0.2) is 0 Å². The van der Waals surface area contributed by atoms with Crippen LogP contribution >= 0.6 is 15.9 Å². The monoisotopic (exact) mass is 270 g/mol. The maximum atomic E-state index is 10.9. The van der Waals surface area contributed by atoms with E-state index in [0.29, 0.717) is 11.4 Å². The van der Waals surface area contributed by atoms with Crippen LogP contribution in [0.5, 0.6) is 0 Å². The van der Waals surface area contributed by atoms with Gasteiger partial charge in [0.05, 0.1) is 11.4 Å². The van der Waals surface area contributed by atoms with E-state index in [1.54, 1.807) is 18.2 Å². The van der Waals surface area contributed by atoms with Crippen molar-refractivity contribution in [1.29, 1.82) is 0 Å². The molecular formula is C10H11BrN2O2. The fourth-order valence-corrected chi connectivity index (χ4v) is 1.47. The minimum Gasteiger partial charge on any atom is -0.325 e. The summed E-state index contributed by atoms with van der Waals surface area (Å²) in [5.74, 6) is -0.358. The predicted molar refractivity (Wildman–Crippen MR) is 62.7 cm³/mol. The molecule has 0 heterocycles. The molecule has 1 rings (SSSR count). The lowest BCUT2D eigenvalue weighted by molar-refractivity contribution is -0.115. The SMILES string of the molecule is CC(=O)Nc1ccc(Br)cc1NC(C)=O. The molecule has 15 heavy (non-hydrogen) atoms. The van der Waals surface area contributed by atoms with Crippen molar-refractivity contribution in [3.63, 3.8) is 0 Å². The number of rotatable bonds is 2. The van der Waals surface area contributed by atoms with Crippen molar-refractivity contribution in [3.8, 4) is 0 Å². The molecule has 0 fully saturated rings. The smallest absolute Gasteiger partial charge is 0.221 e. The topological polar surface area (TPSA) is 58.2 Å². The van der Waals surface area contributed by atoms with Crippen LogP contribution in [0.3, 0.4) is 0 Å². The molecule has 0 spiro atoms. The Morgan fingerprint density at radius 2 is 1.60 bits per heavy atom.